The molecular weight excluding hydrogens is 290 g/mol. The summed E-state index contributed by atoms with van der Waals surface area (Å²) in [5.74, 6) is -0.551. The van der Waals surface area contributed by atoms with Crippen molar-refractivity contribution in [3.05, 3.63) is 59.3 Å². The Morgan fingerprint density at radius 1 is 1.10 bits per heavy atom. The van der Waals surface area contributed by atoms with E-state index in [0.717, 1.165) is 9.87 Å². The molecule has 0 bridgehead atoms. The van der Waals surface area contributed by atoms with Crippen molar-refractivity contribution in [2.45, 2.75) is 18.1 Å². The first-order chi connectivity index (χ1) is 10.1. The number of hydrogen-bond donors (Lipinski definition) is 1. The van der Waals surface area contributed by atoms with Crippen LogP contribution in [-0.2, 0) is 23.1 Å². The summed E-state index contributed by atoms with van der Waals surface area (Å²) in [7, 11) is -3.89. The van der Waals surface area contributed by atoms with Crippen molar-refractivity contribution in [1.82, 2.24) is 9.29 Å². The second-order valence-electron chi connectivity index (χ2n) is 4.65. The topological polar surface area (TPSA) is 93.4 Å². The van der Waals surface area contributed by atoms with Gasteiger partial charge in [-0.15, -0.1) is 0 Å². The molecule has 1 aliphatic rings. The first-order valence-corrected chi connectivity index (χ1v) is 7.78. The standard InChI is InChI=1S/C14H13N3O3S/c15-8-10-4-1-2-5-11(10)9-17-14(18)12-6-3-7-16-13(12)21(17,19)20/h1-7H,8-9,15H2. The largest absolute Gasteiger partial charge is 0.326 e. The quantitative estimate of drug-likeness (QED) is 0.908. The third kappa shape index (κ3) is 2.10. The van der Waals surface area contributed by atoms with Crippen LogP contribution in [0, 0.1) is 0 Å². The number of rotatable bonds is 3. The lowest BCUT2D eigenvalue weighted by Crippen LogP contribution is -2.30. The molecule has 108 valence electrons. The van der Waals surface area contributed by atoms with E-state index in [0.29, 0.717) is 5.56 Å². The van der Waals surface area contributed by atoms with Crippen LogP contribution in [0.4, 0.5) is 0 Å². The van der Waals surface area contributed by atoms with E-state index in [-0.39, 0.29) is 23.7 Å². The predicted octanol–water partition coefficient (Wildman–Crippen LogP) is 0.885. The van der Waals surface area contributed by atoms with Crippen molar-refractivity contribution in [1.29, 1.82) is 0 Å². The van der Waals surface area contributed by atoms with E-state index < -0.39 is 15.9 Å². The Kier molecular flexibility index (Phi) is 3.23. The predicted molar refractivity (Wildman–Crippen MR) is 75.6 cm³/mol. The lowest BCUT2D eigenvalue weighted by atomic mass is 10.1. The van der Waals surface area contributed by atoms with Gasteiger partial charge in [-0.2, -0.15) is 8.42 Å². The fourth-order valence-electron chi connectivity index (χ4n) is 2.33. The van der Waals surface area contributed by atoms with E-state index in [4.69, 9.17) is 5.73 Å². The maximum absolute atomic E-state index is 12.4. The van der Waals surface area contributed by atoms with Gasteiger partial charge < -0.3 is 5.73 Å². The van der Waals surface area contributed by atoms with Gasteiger partial charge in [0.15, 0.2) is 5.03 Å². The summed E-state index contributed by atoms with van der Waals surface area (Å²) in [6, 6.07) is 10.2. The highest BCUT2D eigenvalue weighted by atomic mass is 32.2. The van der Waals surface area contributed by atoms with Gasteiger partial charge in [0.1, 0.15) is 0 Å². The number of pyridine rings is 1. The molecule has 0 unspecified atom stereocenters. The Morgan fingerprint density at radius 3 is 2.48 bits per heavy atom. The fraction of sp³-hybridized carbons (Fsp3) is 0.143. The molecule has 0 radical (unpaired) electrons. The van der Waals surface area contributed by atoms with Gasteiger partial charge in [-0.05, 0) is 23.3 Å². The molecule has 0 spiro atoms. The van der Waals surface area contributed by atoms with Crippen molar-refractivity contribution in [3.8, 4) is 0 Å². The van der Waals surface area contributed by atoms with Crippen molar-refractivity contribution >= 4 is 15.9 Å². The van der Waals surface area contributed by atoms with Gasteiger partial charge in [-0.1, -0.05) is 24.3 Å². The van der Waals surface area contributed by atoms with Gasteiger partial charge >= 0.3 is 0 Å². The smallest absolute Gasteiger partial charge is 0.285 e. The van der Waals surface area contributed by atoms with Gasteiger partial charge in [0.2, 0.25) is 0 Å². The number of nitrogens with zero attached hydrogens (tertiary/aromatic N) is 2. The van der Waals surface area contributed by atoms with E-state index in [2.05, 4.69) is 4.98 Å². The maximum Gasteiger partial charge on any atom is 0.285 e. The average molecular weight is 303 g/mol. The Labute approximate surface area is 122 Å². The van der Waals surface area contributed by atoms with Crippen LogP contribution in [0.15, 0.2) is 47.6 Å². The van der Waals surface area contributed by atoms with Gasteiger partial charge in [0.05, 0.1) is 12.1 Å². The van der Waals surface area contributed by atoms with E-state index in [1.807, 2.05) is 12.1 Å². The van der Waals surface area contributed by atoms with Crippen LogP contribution >= 0.6 is 0 Å². The number of nitrogens with two attached hydrogens (primary N) is 1. The molecule has 7 heteroatoms. The number of carbonyl (C=O) groups is 1. The lowest BCUT2D eigenvalue weighted by Gasteiger charge is -2.16. The molecule has 21 heavy (non-hydrogen) atoms. The Morgan fingerprint density at radius 2 is 1.81 bits per heavy atom. The molecule has 1 amide bonds. The first-order valence-electron chi connectivity index (χ1n) is 6.34. The summed E-state index contributed by atoms with van der Waals surface area (Å²) in [5, 5.41) is -0.180. The minimum Gasteiger partial charge on any atom is -0.326 e. The molecule has 0 aliphatic carbocycles. The first kappa shape index (κ1) is 13.7. The SMILES string of the molecule is NCc1ccccc1CN1C(=O)c2cccnc2S1(=O)=O. The molecule has 2 aromatic rings. The Bertz CT molecular complexity index is 818. The van der Waals surface area contributed by atoms with E-state index in [9.17, 15) is 13.2 Å². The fourth-order valence-corrected chi connectivity index (χ4v) is 3.79. The number of fused-ring (bicyclic) bond motifs is 1. The summed E-state index contributed by atoms with van der Waals surface area (Å²) in [6.45, 7) is 0.244. The minimum absolute atomic E-state index is 0.0368. The third-order valence-electron chi connectivity index (χ3n) is 3.41. The number of amides is 1. The van der Waals surface area contributed by atoms with Gasteiger partial charge in [0, 0.05) is 12.7 Å². The van der Waals surface area contributed by atoms with E-state index in [1.165, 1.54) is 12.3 Å². The zero-order valence-electron chi connectivity index (χ0n) is 11.1. The lowest BCUT2D eigenvalue weighted by molar-refractivity contribution is 0.0864. The third-order valence-corrected chi connectivity index (χ3v) is 5.10. The number of carbonyl (C=O) groups excluding carboxylic acids is 1. The molecule has 0 saturated carbocycles. The zero-order chi connectivity index (χ0) is 15.0. The summed E-state index contributed by atoms with van der Waals surface area (Å²) < 4.78 is 25.7. The molecule has 1 aromatic heterocycles. The molecule has 2 N–H and O–H groups in total. The van der Waals surface area contributed by atoms with Crippen LogP contribution in [-0.4, -0.2) is 23.6 Å². The van der Waals surface area contributed by atoms with E-state index in [1.54, 1.807) is 18.2 Å². The second-order valence-corrected chi connectivity index (χ2v) is 6.42. The number of hydrogen-bond acceptors (Lipinski definition) is 5. The number of benzene rings is 1. The molecule has 2 heterocycles. The summed E-state index contributed by atoms with van der Waals surface area (Å²) in [5.41, 5.74) is 7.28. The van der Waals surface area contributed by atoms with Crippen LogP contribution in [0.25, 0.3) is 0 Å². The van der Waals surface area contributed by atoms with Gasteiger partial charge in [-0.3, -0.25) is 4.79 Å². The Hall–Kier alpha value is -2.25. The van der Waals surface area contributed by atoms with Crippen LogP contribution in [0.3, 0.4) is 0 Å². The Balaban J connectivity index is 2.04. The monoisotopic (exact) mass is 303 g/mol. The highest BCUT2D eigenvalue weighted by Gasteiger charge is 2.42. The maximum atomic E-state index is 12.4. The molecule has 3 rings (SSSR count). The van der Waals surface area contributed by atoms with E-state index >= 15 is 0 Å². The van der Waals surface area contributed by atoms with Crippen LogP contribution in [0.2, 0.25) is 0 Å². The normalized spacial score (nSPS) is 16.0. The molecule has 1 aromatic carbocycles. The number of aromatic nitrogens is 1. The van der Waals surface area contributed by atoms with Crippen LogP contribution < -0.4 is 5.73 Å². The molecule has 1 aliphatic heterocycles. The summed E-state index contributed by atoms with van der Waals surface area (Å²) in [6.07, 6.45) is 1.36. The van der Waals surface area contributed by atoms with Crippen molar-refractivity contribution < 1.29 is 13.2 Å². The van der Waals surface area contributed by atoms with Crippen molar-refractivity contribution in [2.24, 2.45) is 5.73 Å². The van der Waals surface area contributed by atoms with Crippen LogP contribution in [0.5, 0.6) is 0 Å². The molecule has 0 saturated heterocycles. The minimum atomic E-state index is -3.89. The highest BCUT2D eigenvalue weighted by Crippen LogP contribution is 2.30. The van der Waals surface area contributed by atoms with Crippen molar-refractivity contribution in [2.75, 3.05) is 0 Å². The molecule has 0 atom stereocenters. The molecule has 0 fully saturated rings. The molecule has 6 nitrogen and oxygen atoms in total. The van der Waals surface area contributed by atoms with Crippen LogP contribution in [0.1, 0.15) is 21.5 Å². The zero-order valence-corrected chi connectivity index (χ0v) is 11.9. The second kappa shape index (κ2) is 4.94. The highest BCUT2D eigenvalue weighted by molar-refractivity contribution is 7.90. The summed E-state index contributed by atoms with van der Waals surface area (Å²) in [4.78, 5) is 16.1. The van der Waals surface area contributed by atoms with Crippen molar-refractivity contribution in [3.63, 3.8) is 0 Å². The molecular formula is C14H13N3O3S. The van der Waals surface area contributed by atoms with Gasteiger partial charge in [-0.25, -0.2) is 9.29 Å². The number of sulfonamides is 1. The van der Waals surface area contributed by atoms with Gasteiger partial charge in [0.25, 0.3) is 15.9 Å². The average Bonchev–Trinajstić information content (AvgIpc) is 2.69. The summed E-state index contributed by atoms with van der Waals surface area (Å²) >= 11 is 0.